The Morgan fingerprint density at radius 1 is 0.971 bits per heavy atom. The average Bonchev–Trinajstić information content (AvgIpc) is 3.09. The predicted molar refractivity (Wildman–Crippen MR) is 132 cm³/mol. The standard InChI is InChI=1S/C24H27IN4O5/c25-14-20(31)28-11-7-24(8-12-28)5-9-27(10-6-24)15-1-2-16-17(13-15)23(34)29(22(16)33)18-3-4-19(30)26-21(18)32/h1-2,13,18H,3-12,14H2,(H,26,30,32). The van der Waals surface area contributed by atoms with Crippen LogP contribution in [0.1, 0.15) is 59.2 Å². The van der Waals surface area contributed by atoms with Gasteiger partial charge in [-0.2, -0.15) is 0 Å². The number of nitrogens with one attached hydrogen (secondary N) is 1. The lowest BCUT2D eigenvalue weighted by Gasteiger charge is -2.47. The van der Waals surface area contributed by atoms with E-state index in [4.69, 9.17) is 0 Å². The average molecular weight is 578 g/mol. The number of alkyl halides is 1. The molecule has 180 valence electrons. The van der Waals surface area contributed by atoms with Crippen molar-refractivity contribution in [2.24, 2.45) is 5.41 Å². The van der Waals surface area contributed by atoms with E-state index in [-0.39, 0.29) is 30.1 Å². The van der Waals surface area contributed by atoms with Crippen LogP contribution in [0.2, 0.25) is 0 Å². The first-order chi connectivity index (χ1) is 16.3. The summed E-state index contributed by atoms with van der Waals surface area (Å²) in [4.78, 5) is 67.0. The molecule has 4 aliphatic heterocycles. The van der Waals surface area contributed by atoms with E-state index >= 15 is 0 Å². The predicted octanol–water partition coefficient (Wildman–Crippen LogP) is 1.73. The Morgan fingerprint density at radius 2 is 1.62 bits per heavy atom. The number of hydrogen-bond acceptors (Lipinski definition) is 6. The highest BCUT2D eigenvalue weighted by Crippen LogP contribution is 2.42. The summed E-state index contributed by atoms with van der Waals surface area (Å²) < 4.78 is 0.527. The van der Waals surface area contributed by atoms with Crippen LogP contribution in [0.25, 0.3) is 0 Å². The number of carbonyl (C=O) groups is 5. The molecule has 0 saturated carbocycles. The second-order valence-corrected chi connectivity index (χ2v) is 10.4. The van der Waals surface area contributed by atoms with E-state index in [0.717, 1.165) is 62.4 Å². The molecule has 0 aliphatic carbocycles. The highest BCUT2D eigenvalue weighted by Gasteiger charge is 2.45. The van der Waals surface area contributed by atoms with Crippen LogP contribution in [-0.4, -0.2) is 76.0 Å². The molecule has 1 aromatic rings. The zero-order valence-electron chi connectivity index (χ0n) is 18.8. The van der Waals surface area contributed by atoms with E-state index in [9.17, 15) is 24.0 Å². The minimum atomic E-state index is -0.951. The van der Waals surface area contributed by atoms with Gasteiger partial charge >= 0.3 is 0 Å². The van der Waals surface area contributed by atoms with Gasteiger partial charge in [-0.3, -0.25) is 34.2 Å². The van der Waals surface area contributed by atoms with Crippen LogP contribution >= 0.6 is 22.6 Å². The Morgan fingerprint density at radius 3 is 2.26 bits per heavy atom. The van der Waals surface area contributed by atoms with Crippen molar-refractivity contribution in [1.29, 1.82) is 0 Å². The molecule has 1 atom stereocenters. The van der Waals surface area contributed by atoms with Crippen LogP contribution in [0.15, 0.2) is 18.2 Å². The molecule has 0 radical (unpaired) electrons. The molecule has 34 heavy (non-hydrogen) atoms. The maximum atomic E-state index is 13.1. The van der Waals surface area contributed by atoms with E-state index < -0.39 is 23.8 Å². The number of rotatable bonds is 3. The van der Waals surface area contributed by atoms with Gasteiger partial charge in [0.05, 0.1) is 15.6 Å². The van der Waals surface area contributed by atoms with Gasteiger partial charge in [-0.15, -0.1) is 0 Å². The highest BCUT2D eigenvalue weighted by atomic mass is 127. The van der Waals surface area contributed by atoms with Gasteiger partial charge in [0.2, 0.25) is 17.7 Å². The topological polar surface area (TPSA) is 107 Å². The fraction of sp³-hybridized carbons (Fsp3) is 0.542. The summed E-state index contributed by atoms with van der Waals surface area (Å²) in [5, 5.41) is 2.22. The van der Waals surface area contributed by atoms with E-state index in [0.29, 0.717) is 15.6 Å². The minimum Gasteiger partial charge on any atom is -0.371 e. The first-order valence-electron chi connectivity index (χ1n) is 11.8. The third-order valence-electron chi connectivity index (χ3n) is 7.90. The second-order valence-electron chi connectivity index (χ2n) is 9.68. The Kier molecular flexibility index (Phi) is 6.11. The summed E-state index contributed by atoms with van der Waals surface area (Å²) in [5.41, 5.74) is 1.79. The molecule has 1 unspecified atom stereocenters. The van der Waals surface area contributed by atoms with Crippen molar-refractivity contribution in [3.63, 3.8) is 0 Å². The van der Waals surface area contributed by atoms with Gasteiger partial charge in [0.1, 0.15) is 6.04 Å². The number of nitrogens with zero attached hydrogens (tertiary/aromatic N) is 3. The Bertz CT molecular complexity index is 1070. The molecule has 3 saturated heterocycles. The Balaban J connectivity index is 1.26. The molecule has 1 spiro atoms. The van der Waals surface area contributed by atoms with Crippen LogP contribution < -0.4 is 10.2 Å². The third-order valence-corrected chi connectivity index (χ3v) is 8.56. The molecule has 5 amide bonds. The molecule has 4 heterocycles. The molecule has 1 N–H and O–H groups in total. The van der Waals surface area contributed by atoms with Gasteiger partial charge in [-0.1, -0.05) is 22.6 Å². The molecule has 9 nitrogen and oxygen atoms in total. The molecule has 0 aromatic heterocycles. The van der Waals surface area contributed by atoms with E-state index in [2.05, 4.69) is 32.8 Å². The molecule has 3 fully saturated rings. The van der Waals surface area contributed by atoms with Crippen LogP contribution in [0.4, 0.5) is 5.69 Å². The molecule has 10 heteroatoms. The van der Waals surface area contributed by atoms with Crippen molar-refractivity contribution in [2.45, 2.75) is 44.6 Å². The number of likely N-dealkylation sites (tertiary alicyclic amines) is 1. The molecular weight excluding hydrogens is 551 g/mol. The first kappa shape index (κ1) is 23.3. The van der Waals surface area contributed by atoms with Crippen molar-refractivity contribution < 1.29 is 24.0 Å². The van der Waals surface area contributed by atoms with Crippen molar-refractivity contribution in [3.05, 3.63) is 29.3 Å². The summed E-state index contributed by atoms with van der Waals surface area (Å²) in [6.45, 7) is 3.37. The smallest absolute Gasteiger partial charge is 0.262 e. The fourth-order valence-electron chi connectivity index (χ4n) is 5.71. The number of piperidine rings is 3. The lowest BCUT2D eigenvalue weighted by molar-refractivity contribution is -0.136. The van der Waals surface area contributed by atoms with Crippen molar-refractivity contribution >= 4 is 57.8 Å². The number of amides is 5. The van der Waals surface area contributed by atoms with Gasteiger partial charge < -0.3 is 9.80 Å². The quantitative estimate of drug-likeness (QED) is 0.333. The van der Waals surface area contributed by atoms with Crippen molar-refractivity contribution in [1.82, 2.24) is 15.1 Å². The normalized spacial score (nSPS) is 24.5. The number of fused-ring (bicyclic) bond motifs is 1. The maximum Gasteiger partial charge on any atom is 0.262 e. The largest absolute Gasteiger partial charge is 0.371 e. The van der Waals surface area contributed by atoms with Crippen molar-refractivity contribution in [3.8, 4) is 0 Å². The second kappa shape index (κ2) is 8.94. The van der Waals surface area contributed by atoms with E-state index in [1.807, 2.05) is 11.0 Å². The van der Waals surface area contributed by atoms with E-state index in [1.54, 1.807) is 12.1 Å². The zero-order valence-corrected chi connectivity index (χ0v) is 21.0. The number of anilines is 1. The molecule has 1 aromatic carbocycles. The maximum absolute atomic E-state index is 13.1. The SMILES string of the molecule is O=C1CCC(N2C(=O)c3ccc(N4CCC5(CCN(C(=O)CI)CC5)CC4)cc3C2=O)C(=O)N1. The van der Waals surface area contributed by atoms with Gasteiger partial charge in [0, 0.05) is 38.3 Å². The van der Waals surface area contributed by atoms with Gasteiger partial charge in [-0.25, -0.2) is 0 Å². The van der Waals surface area contributed by atoms with Crippen molar-refractivity contribution in [2.75, 3.05) is 35.5 Å². The molecular formula is C24H27IN4O5. The monoisotopic (exact) mass is 578 g/mol. The number of carbonyl (C=O) groups excluding carboxylic acids is 5. The van der Waals surface area contributed by atoms with Gasteiger partial charge in [0.15, 0.2) is 0 Å². The van der Waals surface area contributed by atoms with Crippen LogP contribution in [0.3, 0.4) is 0 Å². The molecule has 0 bridgehead atoms. The number of imide groups is 2. The summed E-state index contributed by atoms with van der Waals surface area (Å²) in [6, 6.07) is 4.36. The zero-order chi connectivity index (χ0) is 24.0. The number of benzene rings is 1. The number of hydrogen-bond donors (Lipinski definition) is 1. The molecule has 4 aliphatic rings. The first-order valence-corrected chi connectivity index (χ1v) is 13.3. The number of halogens is 1. The fourth-order valence-corrected chi connectivity index (χ4v) is 6.19. The third kappa shape index (κ3) is 3.99. The lowest BCUT2D eigenvalue weighted by atomic mass is 9.71. The summed E-state index contributed by atoms with van der Waals surface area (Å²) in [6.07, 6.45) is 4.38. The van der Waals surface area contributed by atoms with Gasteiger partial charge in [-0.05, 0) is 55.7 Å². The van der Waals surface area contributed by atoms with Crippen LogP contribution in [0.5, 0.6) is 0 Å². The Hall–Kier alpha value is -2.50. The minimum absolute atomic E-state index is 0.106. The Labute approximate surface area is 211 Å². The summed E-state index contributed by atoms with van der Waals surface area (Å²) in [7, 11) is 0. The van der Waals surface area contributed by atoms with Gasteiger partial charge in [0.25, 0.3) is 11.8 Å². The van der Waals surface area contributed by atoms with E-state index in [1.165, 1.54) is 0 Å². The highest BCUT2D eigenvalue weighted by molar-refractivity contribution is 14.1. The molecule has 5 rings (SSSR count). The summed E-state index contributed by atoms with van der Waals surface area (Å²) >= 11 is 2.12. The van der Waals surface area contributed by atoms with Crippen LogP contribution in [0, 0.1) is 5.41 Å². The summed E-state index contributed by atoms with van der Waals surface area (Å²) in [5.74, 6) is -1.72. The lowest BCUT2D eigenvalue weighted by Crippen LogP contribution is -2.54. The van der Waals surface area contributed by atoms with Crippen LogP contribution in [-0.2, 0) is 14.4 Å².